The van der Waals surface area contributed by atoms with E-state index in [9.17, 15) is 19.2 Å². The molecule has 9 heteroatoms. The number of carbonyl (C=O) groups is 4. The first-order valence-electron chi connectivity index (χ1n) is 6.87. The van der Waals surface area contributed by atoms with Gasteiger partial charge in [-0.25, -0.2) is 9.59 Å². The normalized spacial score (nSPS) is 13.0. The molecule has 1 aromatic rings. The number of esters is 1. The molecule has 0 bridgehead atoms. The van der Waals surface area contributed by atoms with E-state index in [0.717, 1.165) is 0 Å². The zero-order valence-corrected chi connectivity index (χ0v) is 13.0. The van der Waals surface area contributed by atoms with Crippen molar-refractivity contribution in [3.63, 3.8) is 0 Å². The quantitative estimate of drug-likeness (QED) is 0.636. The average molecular weight is 325 g/mol. The lowest BCUT2D eigenvalue weighted by Crippen LogP contribution is -2.48. The fourth-order valence-corrected chi connectivity index (χ4v) is 1.64. The molecule has 0 fully saturated rings. The first-order valence-corrected chi connectivity index (χ1v) is 6.87. The topological polar surface area (TPSA) is 141 Å². The van der Waals surface area contributed by atoms with Gasteiger partial charge in [-0.05, 0) is 25.0 Å². The van der Waals surface area contributed by atoms with Crippen molar-refractivity contribution in [2.24, 2.45) is 11.7 Å². The molecule has 1 heterocycles. The van der Waals surface area contributed by atoms with Crippen molar-refractivity contribution < 1.29 is 28.3 Å². The lowest BCUT2D eigenvalue weighted by molar-refractivity contribution is -0.157. The average Bonchev–Trinajstić information content (AvgIpc) is 2.97. The molecule has 0 spiro atoms. The highest BCUT2D eigenvalue weighted by atomic mass is 16.5. The van der Waals surface area contributed by atoms with Gasteiger partial charge in [-0.2, -0.15) is 0 Å². The second-order valence-electron chi connectivity index (χ2n) is 5.11. The van der Waals surface area contributed by atoms with Crippen LogP contribution in [0.5, 0.6) is 0 Å². The third-order valence-electron chi connectivity index (χ3n) is 2.86. The van der Waals surface area contributed by atoms with Crippen molar-refractivity contribution in [1.82, 2.24) is 10.6 Å². The molecule has 0 aromatic carbocycles. The maximum absolute atomic E-state index is 12.1. The summed E-state index contributed by atoms with van der Waals surface area (Å²) < 4.78 is 9.89. The van der Waals surface area contributed by atoms with Crippen molar-refractivity contribution in [2.75, 3.05) is 0 Å². The highest BCUT2D eigenvalue weighted by molar-refractivity contribution is 5.97. The SMILES string of the molecule is CC(C)[C@H](NC(=O)c1ccco1)C(=O)O[C@H](C)C(=O)NC(N)=O. The molecular weight excluding hydrogens is 306 g/mol. The number of hydrogen-bond acceptors (Lipinski definition) is 6. The van der Waals surface area contributed by atoms with Crippen LogP contribution in [-0.2, 0) is 14.3 Å². The standard InChI is InChI=1S/C14H19N3O6/c1-7(2)10(16-12(19)9-5-4-6-22-9)13(20)23-8(3)11(18)17-14(15)21/h4-8,10H,1-3H3,(H,16,19)(H3,15,17,18,21)/t8-,10+/m1/s1. The molecule has 0 aliphatic carbocycles. The van der Waals surface area contributed by atoms with Crippen LogP contribution >= 0.6 is 0 Å². The van der Waals surface area contributed by atoms with E-state index in [-0.39, 0.29) is 11.7 Å². The molecule has 126 valence electrons. The fourth-order valence-electron chi connectivity index (χ4n) is 1.64. The molecule has 1 rings (SSSR count). The summed E-state index contributed by atoms with van der Waals surface area (Å²) in [6, 6.07) is 0.940. The Labute approximate surface area is 132 Å². The summed E-state index contributed by atoms with van der Waals surface area (Å²) in [4.78, 5) is 46.2. The van der Waals surface area contributed by atoms with Crippen LogP contribution in [0.1, 0.15) is 31.3 Å². The summed E-state index contributed by atoms with van der Waals surface area (Å²) in [5.41, 5.74) is 4.81. The van der Waals surface area contributed by atoms with E-state index in [4.69, 9.17) is 14.9 Å². The van der Waals surface area contributed by atoms with Gasteiger partial charge in [0.2, 0.25) is 0 Å². The van der Waals surface area contributed by atoms with Crippen molar-refractivity contribution in [3.05, 3.63) is 24.2 Å². The third kappa shape index (κ3) is 5.46. The van der Waals surface area contributed by atoms with E-state index >= 15 is 0 Å². The van der Waals surface area contributed by atoms with Crippen molar-refractivity contribution in [1.29, 1.82) is 0 Å². The number of amides is 4. The van der Waals surface area contributed by atoms with Gasteiger partial charge in [-0.3, -0.25) is 14.9 Å². The third-order valence-corrected chi connectivity index (χ3v) is 2.86. The summed E-state index contributed by atoms with van der Waals surface area (Å²) in [5.74, 6) is -2.51. The number of ether oxygens (including phenoxy) is 1. The summed E-state index contributed by atoms with van der Waals surface area (Å²) in [5, 5.41) is 4.27. The molecule has 0 radical (unpaired) electrons. The number of carbonyl (C=O) groups excluding carboxylic acids is 4. The lowest BCUT2D eigenvalue weighted by atomic mass is 10.0. The smallest absolute Gasteiger partial charge is 0.329 e. The number of rotatable bonds is 6. The van der Waals surface area contributed by atoms with E-state index in [2.05, 4.69) is 5.32 Å². The highest BCUT2D eigenvalue weighted by Crippen LogP contribution is 2.08. The second-order valence-corrected chi connectivity index (χ2v) is 5.11. The van der Waals surface area contributed by atoms with Crippen LogP contribution in [0.2, 0.25) is 0 Å². The monoisotopic (exact) mass is 325 g/mol. The zero-order chi connectivity index (χ0) is 17.6. The Kier molecular flexibility index (Phi) is 6.31. The molecule has 23 heavy (non-hydrogen) atoms. The van der Waals surface area contributed by atoms with Crippen LogP contribution < -0.4 is 16.4 Å². The number of primary amides is 1. The molecule has 4 amide bonds. The maximum Gasteiger partial charge on any atom is 0.329 e. The molecule has 0 unspecified atom stereocenters. The van der Waals surface area contributed by atoms with Crippen LogP contribution in [0.3, 0.4) is 0 Å². The largest absolute Gasteiger partial charge is 0.459 e. The molecule has 4 N–H and O–H groups in total. The van der Waals surface area contributed by atoms with E-state index in [0.29, 0.717) is 0 Å². The van der Waals surface area contributed by atoms with E-state index in [1.165, 1.54) is 25.3 Å². The maximum atomic E-state index is 12.1. The molecule has 1 aromatic heterocycles. The molecule has 9 nitrogen and oxygen atoms in total. The molecule has 0 aliphatic heterocycles. The van der Waals surface area contributed by atoms with Crippen molar-refractivity contribution in [2.45, 2.75) is 32.9 Å². The van der Waals surface area contributed by atoms with Crippen LogP contribution in [0.25, 0.3) is 0 Å². The van der Waals surface area contributed by atoms with Crippen molar-refractivity contribution in [3.8, 4) is 0 Å². The Morgan fingerprint density at radius 2 is 1.87 bits per heavy atom. The molecule has 0 aliphatic rings. The van der Waals surface area contributed by atoms with Gasteiger partial charge >= 0.3 is 12.0 Å². The number of hydrogen-bond donors (Lipinski definition) is 3. The number of furan rings is 1. The molecule has 0 saturated heterocycles. The van der Waals surface area contributed by atoms with Gasteiger partial charge in [-0.15, -0.1) is 0 Å². The van der Waals surface area contributed by atoms with Gasteiger partial charge in [0.25, 0.3) is 11.8 Å². The number of nitrogens with two attached hydrogens (primary N) is 1. The van der Waals surface area contributed by atoms with Crippen LogP contribution in [-0.4, -0.2) is 36.0 Å². The minimum Gasteiger partial charge on any atom is -0.459 e. The van der Waals surface area contributed by atoms with E-state index in [1.54, 1.807) is 19.2 Å². The van der Waals surface area contributed by atoms with Gasteiger partial charge in [0.05, 0.1) is 6.26 Å². The minimum atomic E-state index is -1.24. The van der Waals surface area contributed by atoms with Gasteiger partial charge in [0.1, 0.15) is 6.04 Å². The van der Waals surface area contributed by atoms with Crippen LogP contribution in [0.15, 0.2) is 22.8 Å². The fraction of sp³-hybridized carbons (Fsp3) is 0.429. The molecular formula is C14H19N3O6. The predicted octanol–water partition coefficient (Wildman–Crippen LogP) is 0.161. The Bertz CT molecular complexity index is 581. The van der Waals surface area contributed by atoms with Crippen molar-refractivity contribution >= 4 is 23.8 Å². The Morgan fingerprint density at radius 3 is 2.35 bits per heavy atom. The number of imide groups is 1. The number of urea groups is 1. The molecule has 2 atom stereocenters. The Hall–Kier alpha value is -2.84. The zero-order valence-electron chi connectivity index (χ0n) is 13.0. The number of nitrogens with one attached hydrogen (secondary N) is 2. The Balaban J connectivity index is 2.69. The second kappa shape index (κ2) is 7.97. The summed E-state index contributed by atoms with van der Waals surface area (Å²) in [6.45, 7) is 4.67. The van der Waals surface area contributed by atoms with Gasteiger partial charge in [-0.1, -0.05) is 13.8 Å². The summed E-state index contributed by atoms with van der Waals surface area (Å²) >= 11 is 0. The van der Waals surface area contributed by atoms with Gasteiger partial charge in [0.15, 0.2) is 11.9 Å². The molecule has 0 saturated carbocycles. The highest BCUT2D eigenvalue weighted by Gasteiger charge is 2.30. The van der Waals surface area contributed by atoms with E-state index < -0.39 is 36.0 Å². The minimum absolute atomic E-state index is 0.0444. The first-order chi connectivity index (χ1) is 10.7. The Morgan fingerprint density at radius 1 is 1.22 bits per heavy atom. The van der Waals surface area contributed by atoms with Gasteiger partial charge < -0.3 is 20.2 Å². The van der Waals surface area contributed by atoms with Gasteiger partial charge in [0, 0.05) is 0 Å². The van der Waals surface area contributed by atoms with E-state index in [1.807, 2.05) is 0 Å². The lowest BCUT2D eigenvalue weighted by Gasteiger charge is -2.22. The summed E-state index contributed by atoms with van der Waals surface area (Å²) in [6.07, 6.45) is 0.0881. The van der Waals surface area contributed by atoms with Crippen LogP contribution in [0.4, 0.5) is 4.79 Å². The first kappa shape index (κ1) is 18.2. The predicted molar refractivity (Wildman–Crippen MR) is 78.1 cm³/mol. The van der Waals surface area contributed by atoms with Crippen LogP contribution in [0, 0.1) is 5.92 Å². The summed E-state index contributed by atoms with van der Waals surface area (Å²) in [7, 11) is 0.